The van der Waals surface area contributed by atoms with Gasteiger partial charge in [-0.25, -0.2) is 0 Å². The lowest BCUT2D eigenvalue weighted by atomic mass is 10.1. The molecule has 0 radical (unpaired) electrons. The second-order valence-corrected chi connectivity index (χ2v) is 8.25. The van der Waals surface area contributed by atoms with E-state index in [4.69, 9.17) is 0 Å². The van der Waals surface area contributed by atoms with Crippen molar-refractivity contribution in [3.05, 3.63) is 71.0 Å². The fraction of sp³-hybridized carbons (Fsp3) is 0.304. The van der Waals surface area contributed by atoms with Crippen LogP contribution in [0.15, 0.2) is 53.7 Å². The van der Waals surface area contributed by atoms with Crippen LogP contribution in [0.4, 0.5) is 5.69 Å². The Morgan fingerprint density at radius 3 is 2.52 bits per heavy atom. The molecule has 0 aliphatic carbocycles. The van der Waals surface area contributed by atoms with Crippen LogP contribution in [0.3, 0.4) is 0 Å². The minimum absolute atomic E-state index is 0.101. The van der Waals surface area contributed by atoms with E-state index in [2.05, 4.69) is 27.8 Å². The molecular formula is C23H27N5O2S. The maximum atomic E-state index is 12.5. The quantitative estimate of drug-likeness (QED) is 0.522. The van der Waals surface area contributed by atoms with E-state index >= 15 is 0 Å². The molecule has 162 valence electrons. The largest absolute Gasteiger partial charge is 0.342 e. The Balaban J connectivity index is 1.58. The third kappa shape index (κ3) is 5.73. The highest BCUT2D eigenvalue weighted by atomic mass is 32.2. The topological polar surface area (TPSA) is 88.9 Å². The van der Waals surface area contributed by atoms with Gasteiger partial charge in [0.1, 0.15) is 0 Å². The SMILES string of the molecule is CCc1ccccc1NC(=O)CSc1nnc(C(C)NC(=O)c2ccc(C)cc2)n1C. The van der Waals surface area contributed by atoms with Crippen molar-refractivity contribution in [2.75, 3.05) is 11.1 Å². The maximum Gasteiger partial charge on any atom is 0.251 e. The van der Waals surface area contributed by atoms with Crippen LogP contribution in [0.5, 0.6) is 0 Å². The summed E-state index contributed by atoms with van der Waals surface area (Å²) in [6.07, 6.45) is 0.850. The standard InChI is InChI=1S/C23H27N5O2S/c1-5-17-8-6-7-9-19(17)25-20(29)14-31-23-27-26-21(28(23)4)16(3)24-22(30)18-12-10-15(2)11-13-18/h6-13,16H,5,14H2,1-4H3,(H,24,30)(H,25,29). The van der Waals surface area contributed by atoms with E-state index < -0.39 is 0 Å². The van der Waals surface area contributed by atoms with E-state index in [1.54, 1.807) is 16.7 Å². The van der Waals surface area contributed by atoms with Crippen molar-refractivity contribution in [3.63, 3.8) is 0 Å². The molecular weight excluding hydrogens is 410 g/mol. The summed E-state index contributed by atoms with van der Waals surface area (Å²) in [4.78, 5) is 24.9. The Labute approximate surface area is 186 Å². The van der Waals surface area contributed by atoms with E-state index in [9.17, 15) is 9.59 Å². The lowest BCUT2D eigenvalue weighted by molar-refractivity contribution is -0.113. The van der Waals surface area contributed by atoms with Gasteiger partial charge >= 0.3 is 0 Å². The average Bonchev–Trinajstić information content (AvgIpc) is 3.13. The number of carbonyl (C=O) groups is 2. The highest BCUT2D eigenvalue weighted by molar-refractivity contribution is 7.99. The molecule has 0 bridgehead atoms. The van der Waals surface area contributed by atoms with Crippen LogP contribution in [0, 0.1) is 6.92 Å². The van der Waals surface area contributed by atoms with E-state index in [0.717, 1.165) is 23.2 Å². The van der Waals surface area contributed by atoms with Crippen molar-refractivity contribution >= 4 is 29.3 Å². The van der Waals surface area contributed by atoms with E-state index in [1.165, 1.54) is 11.8 Å². The van der Waals surface area contributed by atoms with Crippen LogP contribution < -0.4 is 10.6 Å². The zero-order valence-corrected chi connectivity index (χ0v) is 19.0. The van der Waals surface area contributed by atoms with Gasteiger partial charge in [-0.3, -0.25) is 9.59 Å². The van der Waals surface area contributed by atoms with Gasteiger partial charge in [-0.05, 0) is 44.0 Å². The number of nitrogens with zero attached hydrogens (tertiary/aromatic N) is 3. The molecule has 0 saturated heterocycles. The van der Waals surface area contributed by atoms with Crippen molar-refractivity contribution < 1.29 is 9.59 Å². The number of thioether (sulfide) groups is 1. The Bertz CT molecular complexity index is 1060. The van der Waals surface area contributed by atoms with Gasteiger partial charge in [-0.15, -0.1) is 10.2 Å². The van der Waals surface area contributed by atoms with E-state index in [1.807, 2.05) is 57.3 Å². The fourth-order valence-electron chi connectivity index (χ4n) is 3.15. The number of hydrogen-bond acceptors (Lipinski definition) is 5. The second kappa shape index (κ2) is 10.3. The van der Waals surface area contributed by atoms with Crippen LogP contribution >= 0.6 is 11.8 Å². The Hall–Kier alpha value is -3.13. The van der Waals surface area contributed by atoms with Gasteiger partial charge < -0.3 is 15.2 Å². The Kier molecular flexibility index (Phi) is 7.46. The summed E-state index contributed by atoms with van der Waals surface area (Å²) in [5, 5.41) is 14.9. The Morgan fingerprint density at radius 1 is 1.10 bits per heavy atom. The summed E-state index contributed by atoms with van der Waals surface area (Å²) in [6.45, 7) is 5.89. The Morgan fingerprint density at radius 2 is 1.81 bits per heavy atom. The first-order chi connectivity index (χ1) is 14.9. The molecule has 2 amide bonds. The van der Waals surface area contributed by atoms with Crippen LogP contribution in [0.25, 0.3) is 0 Å². The zero-order chi connectivity index (χ0) is 22.4. The number of carbonyl (C=O) groups excluding carboxylic acids is 2. The summed E-state index contributed by atoms with van der Waals surface area (Å²) in [5.74, 6) is 0.572. The van der Waals surface area contributed by atoms with Gasteiger partial charge in [0.05, 0.1) is 11.8 Å². The van der Waals surface area contributed by atoms with Gasteiger partial charge in [-0.2, -0.15) is 0 Å². The predicted octanol–water partition coefficient (Wildman–Crippen LogP) is 3.91. The van der Waals surface area contributed by atoms with Gasteiger partial charge in [0.15, 0.2) is 11.0 Å². The van der Waals surface area contributed by atoms with Crippen LogP contribution in [0.2, 0.25) is 0 Å². The number of nitrogens with one attached hydrogen (secondary N) is 2. The molecule has 31 heavy (non-hydrogen) atoms. The number of benzene rings is 2. The fourth-order valence-corrected chi connectivity index (χ4v) is 3.86. The predicted molar refractivity (Wildman–Crippen MR) is 123 cm³/mol. The highest BCUT2D eigenvalue weighted by Gasteiger charge is 2.19. The molecule has 0 spiro atoms. The number of para-hydroxylation sites is 1. The third-order valence-electron chi connectivity index (χ3n) is 4.92. The summed E-state index contributed by atoms with van der Waals surface area (Å²) in [5.41, 5.74) is 3.63. The van der Waals surface area contributed by atoms with Crippen molar-refractivity contribution in [3.8, 4) is 0 Å². The molecule has 8 heteroatoms. The molecule has 2 N–H and O–H groups in total. The van der Waals surface area contributed by atoms with Gasteiger partial charge in [-0.1, -0.05) is 54.6 Å². The van der Waals surface area contributed by atoms with Crippen molar-refractivity contribution in [2.24, 2.45) is 7.05 Å². The average molecular weight is 438 g/mol. The van der Waals surface area contributed by atoms with Crippen molar-refractivity contribution in [1.29, 1.82) is 0 Å². The zero-order valence-electron chi connectivity index (χ0n) is 18.2. The molecule has 1 aromatic heterocycles. The summed E-state index contributed by atoms with van der Waals surface area (Å²) in [7, 11) is 1.83. The lowest BCUT2D eigenvalue weighted by Crippen LogP contribution is -2.28. The normalized spacial score (nSPS) is 11.7. The molecule has 1 unspecified atom stereocenters. The molecule has 3 aromatic rings. The molecule has 0 aliphatic rings. The first kappa shape index (κ1) is 22.6. The van der Waals surface area contributed by atoms with Crippen LogP contribution in [-0.2, 0) is 18.3 Å². The van der Waals surface area contributed by atoms with Crippen LogP contribution in [0.1, 0.15) is 47.2 Å². The maximum absolute atomic E-state index is 12.5. The minimum atomic E-state index is -0.328. The first-order valence-electron chi connectivity index (χ1n) is 10.2. The first-order valence-corrected chi connectivity index (χ1v) is 11.1. The third-order valence-corrected chi connectivity index (χ3v) is 5.94. The molecule has 7 nitrogen and oxygen atoms in total. The second-order valence-electron chi connectivity index (χ2n) is 7.31. The summed E-state index contributed by atoms with van der Waals surface area (Å²) >= 11 is 1.31. The smallest absolute Gasteiger partial charge is 0.251 e. The van der Waals surface area contributed by atoms with Crippen molar-refractivity contribution in [1.82, 2.24) is 20.1 Å². The number of hydrogen-bond donors (Lipinski definition) is 2. The van der Waals surface area contributed by atoms with E-state index in [0.29, 0.717) is 16.5 Å². The van der Waals surface area contributed by atoms with Gasteiger partial charge in [0.2, 0.25) is 5.91 Å². The number of aryl methyl sites for hydroxylation is 2. The highest BCUT2D eigenvalue weighted by Crippen LogP contribution is 2.21. The molecule has 0 aliphatic heterocycles. The summed E-state index contributed by atoms with van der Waals surface area (Å²) < 4.78 is 1.80. The molecule has 0 saturated carbocycles. The monoisotopic (exact) mass is 437 g/mol. The number of anilines is 1. The molecule has 1 heterocycles. The number of rotatable bonds is 8. The molecule has 3 rings (SSSR count). The van der Waals surface area contributed by atoms with Gasteiger partial charge in [0, 0.05) is 18.3 Å². The number of amides is 2. The molecule has 1 atom stereocenters. The van der Waals surface area contributed by atoms with Crippen molar-refractivity contribution in [2.45, 2.75) is 38.4 Å². The molecule has 0 fully saturated rings. The van der Waals surface area contributed by atoms with Crippen LogP contribution in [-0.4, -0.2) is 32.3 Å². The lowest BCUT2D eigenvalue weighted by Gasteiger charge is -2.14. The van der Waals surface area contributed by atoms with E-state index in [-0.39, 0.29) is 23.6 Å². The minimum Gasteiger partial charge on any atom is -0.342 e. The molecule has 2 aromatic carbocycles. The van der Waals surface area contributed by atoms with Gasteiger partial charge in [0.25, 0.3) is 5.91 Å². The number of aromatic nitrogens is 3. The summed E-state index contributed by atoms with van der Waals surface area (Å²) in [6, 6.07) is 14.8.